The number of ether oxygens (including phenoxy) is 3. The number of hydrogen-bond donors (Lipinski definition) is 1. The van der Waals surface area contributed by atoms with Gasteiger partial charge in [-0.1, -0.05) is 78.9 Å². The molecule has 1 unspecified atom stereocenters. The van der Waals surface area contributed by atoms with Gasteiger partial charge < -0.3 is 19.3 Å². The molecule has 0 fully saturated rings. The summed E-state index contributed by atoms with van der Waals surface area (Å²) in [6.07, 6.45) is -7.11. The van der Waals surface area contributed by atoms with Crippen molar-refractivity contribution in [3.05, 3.63) is 113 Å². The van der Waals surface area contributed by atoms with E-state index in [1.165, 1.54) is 24.3 Å². The van der Waals surface area contributed by atoms with Crippen LogP contribution >= 0.6 is 0 Å². The molecule has 35 heavy (non-hydrogen) atoms. The van der Waals surface area contributed by atoms with Crippen molar-refractivity contribution < 1.29 is 37.3 Å². The number of benzene rings is 3. The molecule has 1 aliphatic carbocycles. The van der Waals surface area contributed by atoms with Crippen LogP contribution in [0.1, 0.15) is 22.8 Å². The number of carbonyl (C=O) groups excluding carboxylic acids is 1. The number of carbonyl (C=O) groups is 1. The molecule has 8 heteroatoms. The van der Waals surface area contributed by atoms with E-state index in [2.05, 4.69) is 4.74 Å². The van der Waals surface area contributed by atoms with Crippen LogP contribution < -0.4 is 4.74 Å². The molecular formula is C27H23F3O5. The van der Waals surface area contributed by atoms with Crippen LogP contribution in [0.4, 0.5) is 13.2 Å². The Hall–Kier alpha value is -3.46. The molecule has 3 atom stereocenters. The SMILES string of the molecule is O=C1C(C(O)c2ccccc2OC(F)(F)F)=C[C@H](OCc2ccccc2)[C@H]1OCc1ccccc1. The van der Waals surface area contributed by atoms with Gasteiger partial charge in [0.2, 0.25) is 0 Å². The predicted octanol–water partition coefficient (Wildman–Crippen LogP) is 5.30. The lowest BCUT2D eigenvalue weighted by Crippen LogP contribution is -2.33. The topological polar surface area (TPSA) is 65.0 Å². The van der Waals surface area contributed by atoms with Crippen LogP contribution in [0.15, 0.2) is 96.6 Å². The summed E-state index contributed by atoms with van der Waals surface area (Å²) in [5.41, 5.74) is 1.41. The number of halogens is 3. The third kappa shape index (κ3) is 6.36. The van der Waals surface area contributed by atoms with Gasteiger partial charge in [-0.2, -0.15) is 0 Å². The Morgan fingerprint density at radius 2 is 1.34 bits per heavy atom. The first-order valence-electron chi connectivity index (χ1n) is 10.9. The molecule has 0 radical (unpaired) electrons. The van der Waals surface area contributed by atoms with Crippen LogP contribution in [0, 0.1) is 0 Å². The van der Waals surface area contributed by atoms with Crippen molar-refractivity contribution in [1.82, 2.24) is 0 Å². The molecule has 0 spiro atoms. The Kier molecular flexibility index (Phi) is 7.65. The zero-order chi connectivity index (χ0) is 24.8. The zero-order valence-electron chi connectivity index (χ0n) is 18.5. The molecular weight excluding hydrogens is 461 g/mol. The minimum atomic E-state index is -4.95. The highest BCUT2D eigenvalue weighted by atomic mass is 19.4. The molecule has 1 N–H and O–H groups in total. The van der Waals surface area contributed by atoms with Gasteiger partial charge in [0.1, 0.15) is 18.0 Å². The smallest absolute Gasteiger partial charge is 0.405 e. The minimum Gasteiger partial charge on any atom is -0.405 e. The summed E-state index contributed by atoms with van der Waals surface area (Å²) in [5, 5.41) is 10.9. The number of para-hydroxylation sites is 1. The largest absolute Gasteiger partial charge is 0.573 e. The molecule has 3 aromatic rings. The van der Waals surface area contributed by atoms with Gasteiger partial charge in [0, 0.05) is 11.1 Å². The summed E-state index contributed by atoms with van der Waals surface area (Å²) in [6, 6.07) is 23.7. The third-order valence-corrected chi connectivity index (χ3v) is 5.48. The average Bonchev–Trinajstić information content (AvgIpc) is 3.16. The highest BCUT2D eigenvalue weighted by molar-refractivity contribution is 6.03. The van der Waals surface area contributed by atoms with Gasteiger partial charge in [-0.25, -0.2) is 0 Å². The molecule has 4 rings (SSSR count). The lowest BCUT2D eigenvalue weighted by molar-refractivity contribution is -0.275. The second-order valence-corrected chi connectivity index (χ2v) is 7.95. The summed E-state index contributed by atoms with van der Waals surface area (Å²) >= 11 is 0. The maximum atomic E-state index is 13.3. The molecule has 0 aliphatic heterocycles. The summed E-state index contributed by atoms with van der Waals surface area (Å²) in [7, 11) is 0. The van der Waals surface area contributed by atoms with Crippen LogP contribution in [0.2, 0.25) is 0 Å². The molecule has 0 saturated heterocycles. The summed E-state index contributed by atoms with van der Waals surface area (Å²) < 4.78 is 54.5. The van der Waals surface area contributed by atoms with Gasteiger partial charge in [-0.3, -0.25) is 4.79 Å². The van der Waals surface area contributed by atoms with E-state index in [9.17, 15) is 23.1 Å². The Labute approximate surface area is 200 Å². The lowest BCUT2D eigenvalue weighted by atomic mass is 9.99. The first kappa shape index (κ1) is 24.7. The van der Waals surface area contributed by atoms with Crippen LogP contribution in [-0.4, -0.2) is 29.5 Å². The van der Waals surface area contributed by atoms with E-state index in [1.807, 2.05) is 60.7 Å². The van der Waals surface area contributed by atoms with Crippen LogP contribution in [0.3, 0.4) is 0 Å². The Morgan fingerprint density at radius 3 is 1.94 bits per heavy atom. The van der Waals surface area contributed by atoms with E-state index in [0.29, 0.717) is 0 Å². The maximum Gasteiger partial charge on any atom is 0.573 e. The fraction of sp³-hybridized carbons (Fsp3) is 0.222. The highest BCUT2D eigenvalue weighted by Crippen LogP contribution is 2.37. The maximum absolute atomic E-state index is 13.3. The monoisotopic (exact) mass is 484 g/mol. The molecule has 5 nitrogen and oxygen atoms in total. The molecule has 0 amide bonds. The fourth-order valence-corrected chi connectivity index (χ4v) is 3.81. The molecule has 0 saturated carbocycles. The van der Waals surface area contributed by atoms with Crippen molar-refractivity contribution >= 4 is 5.78 Å². The highest BCUT2D eigenvalue weighted by Gasteiger charge is 2.42. The number of rotatable bonds is 9. The van der Waals surface area contributed by atoms with E-state index in [0.717, 1.165) is 17.2 Å². The summed E-state index contributed by atoms with van der Waals surface area (Å²) in [6.45, 7) is 0.297. The van der Waals surface area contributed by atoms with Crippen molar-refractivity contribution in [2.75, 3.05) is 0 Å². The van der Waals surface area contributed by atoms with E-state index in [1.54, 1.807) is 0 Å². The number of ketones is 1. The van der Waals surface area contributed by atoms with Gasteiger partial charge in [0.25, 0.3) is 0 Å². The number of aliphatic hydroxyl groups excluding tert-OH is 1. The second kappa shape index (κ2) is 10.9. The molecule has 0 aromatic heterocycles. The van der Waals surface area contributed by atoms with Gasteiger partial charge in [0.15, 0.2) is 11.9 Å². The summed E-state index contributed by atoms with van der Waals surface area (Å²) in [4.78, 5) is 13.3. The number of hydrogen-bond acceptors (Lipinski definition) is 5. The lowest BCUT2D eigenvalue weighted by Gasteiger charge is -2.20. The zero-order valence-corrected chi connectivity index (χ0v) is 18.5. The van der Waals surface area contributed by atoms with E-state index >= 15 is 0 Å². The van der Waals surface area contributed by atoms with Crippen LogP contribution in [0.5, 0.6) is 5.75 Å². The Bertz CT molecular complexity index is 1160. The Balaban J connectivity index is 1.57. The number of aliphatic hydroxyl groups is 1. The van der Waals surface area contributed by atoms with Crippen molar-refractivity contribution in [2.24, 2.45) is 0 Å². The predicted molar refractivity (Wildman–Crippen MR) is 121 cm³/mol. The van der Waals surface area contributed by atoms with Crippen molar-refractivity contribution in [3.8, 4) is 5.75 Å². The number of alkyl halides is 3. The van der Waals surface area contributed by atoms with E-state index in [-0.39, 0.29) is 24.4 Å². The first-order chi connectivity index (χ1) is 16.8. The van der Waals surface area contributed by atoms with Gasteiger partial charge >= 0.3 is 6.36 Å². The van der Waals surface area contributed by atoms with Gasteiger partial charge in [-0.05, 0) is 23.3 Å². The molecule has 1 aliphatic rings. The van der Waals surface area contributed by atoms with Crippen molar-refractivity contribution in [2.45, 2.75) is 37.9 Å². The minimum absolute atomic E-state index is 0.112. The van der Waals surface area contributed by atoms with Crippen molar-refractivity contribution in [1.29, 1.82) is 0 Å². The van der Waals surface area contributed by atoms with Crippen LogP contribution in [-0.2, 0) is 27.5 Å². The molecule has 3 aromatic carbocycles. The van der Waals surface area contributed by atoms with Gasteiger partial charge in [-0.15, -0.1) is 13.2 Å². The van der Waals surface area contributed by atoms with Crippen molar-refractivity contribution in [3.63, 3.8) is 0 Å². The fourth-order valence-electron chi connectivity index (χ4n) is 3.81. The molecule has 0 heterocycles. The standard InChI is InChI=1S/C27H23F3O5/c28-27(29,30)35-22-14-8-7-13-20(22)24(31)21-15-23(33-16-18-9-3-1-4-10-18)26(25(21)32)34-17-19-11-5-2-6-12-19/h1-15,23-24,26,31H,16-17H2/t23-,24?,26+/m0/s1. The molecule has 0 bridgehead atoms. The van der Waals surface area contributed by atoms with E-state index < -0.39 is 36.2 Å². The second-order valence-electron chi connectivity index (χ2n) is 7.95. The average molecular weight is 484 g/mol. The van der Waals surface area contributed by atoms with Crippen LogP contribution in [0.25, 0.3) is 0 Å². The third-order valence-electron chi connectivity index (χ3n) is 5.48. The number of Topliss-reactive ketones (excluding diaryl/α,β-unsaturated/α-hetero) is 1. The first-order valence-corrected chi connectivity index (χ1v) is 10.9. The van der Waals surface area contributed by atoms with E-state index in [4.69, 9.17) is 9.47 Å². The Morgan fingerprint density at radius 1 is 0.800 bits per heavy atom. The van der Waals surface area contributed by atoms with Gasteiger partial charge in [0.05, 0.1) is 13.2 Å². The molecule has 182 valence electrons. The quantitative estimate of drug-likeness (QED) is 0.447. The normalized spacial score (nSPS) is 18.9. The summed E-state index contributed by atoms with van der Waals surface area (Å²) in [5.74, 6) is -1.15.